The van der Waals surface area contributed by atoms with E-state index >= 15 is 0 Å². The van der Waals surface area contributed by atoms with Crippen molar-refractivity contribution in [3.05, 3.63) is 23.7 Å². The molecule has 0 fully saturated rings. The Kier molecular flexibility index (Phi) is 3.49. The van der Waals surface area contributed by atoms with Crippen LogP contribution in [0.3, 0.4) is 0 Å². The Bertz CT molecular complexity index is 256. The molecule has 0 aromatic heterocycles. The van der Waals surface area contributed by atoms with Gasteiger partial charge >= 0.3 is 5.97 Å². The van der Waals surface area contributed by atoms with Crippen LogP contribution in [0.2, 0.25) is 0 Å². The summed E-state index contributed by atoms with van der Waals surface area (Å²) < 4.78 is 17.6. The number of allylic oxidation sites excluding steroid dienone is 4. The lowest BCUT2D eigenvalue weighted by Gasteiger charge is -2.11. The monoisotopic (exact) mass is 186 g/mol. The third-order valence-corrected chi connectivity index (χ3v) is 1.66. The lowest BCUT2D eigenvalue weighted by atomic mass is 10.1. The van der Waals surface area contributed by atoms with Crippen molar-refractivity contribution in [1.29, 1.82) is 0 Å². The van der Waals surface area contributed by atoms with E-state index in [2.05, 4.69) is 0 Å². The molecule has 0 atom stereocenters. The van der Waals surface area contributed by atoms with Crippen molar-refractivity contribution >= 4 is 5.97 Å². The average molecular weight is 186 g/mol. The Morgan fingerprint density at radius 3 is 2.85 bits per heavy atom. The molecule has 0 saturated heterocycles. The summed E-state index contributed by atoms with van der Waals surface area (Å²) in [7, 11) is 0. The summed E-state index contributed by atoms with van der Waals surface area (Å²) in [6, 6.07) is 0. The zero-order valence-corrected chi connectivity index (χ0v) is 7.12. The molecule has 0 aliphatic heterocycles. The minimum atomic E-state index is -0.891. The van der Waals surface area contributed by atoms with Gasteiger partial charge in [0, 0.05) is 12.8 Å². The van der Waals surface area contributed by atoms with Crippen molar-refractivity contribution in [2.45, 2.75) is 19.3 Å². The number of carboxylic acid groups (broad SMARTS) is 1. The molecule has 0 heterocycles. The predicted octanol–water partition coefficient (Wildman–Crippen LogP) is 2.01. The second kappa shape index (κ2) is 4.64. The van der Waals surface area contributed by atoms with E-state index in [9.17, 15) is 9.18 Å². The van der Waals surface area contributed by atoms with Gasteiger partial charge in [-0.1, -0.05) is 0 Å². The number of aliphatic carboxylic acids is 1. The van der Waals surface area contributed by atoms with Crippen LogP contribution in [-0.2, 0) is 9.53 Å². The van der Waals surface area contributed by atoms with Gasteiger partial charge in [0.25, 0.3) is 0 Å². The minimum absolute atomic E-state index is 0.0243. The SMILES string of the molecule is O=C(O)CCOC1=CC=C(F)CC1. The topological polar surface area (TPSA) is 46.5 Å². The highest BCUT2D eigenvalue weighted by molar-refractivity contribution is 5.66. The summed E-state index contributed by atoms with van der Waals surface area (Å²) in [5.41, 5.74) is 0. The number of halogens is 1. The zero-order valence-electron chi connectivity index (χ0n) is 7.12. The van der Waals surface area contributed by atoms with E-state index in [1.807, 2.05) is 0 Å². The molecule has 0 bridgehead atoms. The van der Waals surface area contributed by atoms with E-state index in [-0.39, 0.29) is 18.9 Å². The van der Waals surface area contributed by atoms with E-state index in [0.717, 1.165) is 0 Å². The van der Waals surface area contributed by atoms with Crippen LogP contribution < -0.4 is 0 Å². The Morgan fingerprint density at radius 1 is 1.54 bits per heavy atom. The first-order valence-corrected chi connectivity index (χ1v) is 4.08. The largest absolute Gasteiger partial charge is 0.497 e. The maximum atomic E-state index is 12.5. The maximum Gasteiger partial charge on any atom is 0.306 e. The van der Waals surface area contributed by atoms with Gasteiger partial charge in [0.05, 0.1) is 18.8 Å². The van der Waals surface area contributed by atoms with Gasteiger partial charge in [-0.15, -0.1) is 0 Å². The van der Waals surface area contributed by atoms with Gasteiger partial charge in [-0.2, -0.15) is 0 Å². The highest BCUT2D eigenvalue weighted by Gasteiger charge is 2.06. The number of carboxylic acids is 1. The number of ether oxygens (including phenoxy) is 1. The van der Waals surface area contributed by atoms with E-state index in [1.165, 1.54) is 6.08 Å². The van der Waals surface area contributed by atoms with E-state index in [1.54, 1.807) is 6.08 Å². The summed E-state index contributed by atoms with van der Waals surface area (Å²) >= 11 is 0. The lowest BCUT2D eigenvalue weighted by molar-refractivity contribution is -0.137. The molecule has 4 heteroatoms. The molecule has 0 aromatic rings. The molecule has 1 rings (SSSR count). The van der Waals surface area contributed by atoms with Crippen molar-refractivity contribution in [3.8, 4) is 0 Å². The molecule has 72 valence electrons. The van der Waals surface area contributed by atoms with Gasteiger partial charge in [0.1, 0.15) is 5.83 Å². The maximum absolute atomic E-state index is 12.5. The highest BCUT2D eigenvalue weighted by atomic mass is 19.1. The molecular weight excluding hydrogens is 175 g/mol. The standard InChI is InChI=1S/C9H11FO3/c10-7-1-3-8(4-2-7)13-6-5-9(11)12/h1,3H,2,4-6H2,(H,11,12). The van der Waals surface area contributed by atoms with Crippen LogP contribution >= 0.6 is 0 Å². The van der Waals surface area contributed by atoms with Crippen LogP contribution in [0.5, 0.6) is 0 Å². The van der Waals surface area contributed by atoms with Crippen LogP contribution in [0.25, 0.3) is 0 Å². The molecule has 1 aliphatic rings. The summed E-state index contributed by atoms with van der Waals surface area (Å²) in [6.45, 7) is 0.149. The third kappa shape index (κ3) is 3.73. The molecule has 0 aromatic carbocycles. The zero-order chi connectivity index (χ0) is 9.68. The number of hydrogen-bond donors (Lipinski definition) is 1. The predicted molar refractivity (Wildman–Crippen MR) is 44.7 cm³/mol. The summed E-state index contributed by atoms with van der Waals surface area (Å²) in [6.07, 6.45) is 3.73. The molecular formula is C9H11FO3. The van der Waals surface area contributed by atoms with Gasteiger partial charge in [-0.25, -0.2) is 4.39 Å². The van der Waals surface area contributed by atoms with E-state index < -0.39 is 5.97 Å². The quantitative estimate of drug-likeness (QED) is 0.730. The fourth-order valence-corrected chi connectivity index (χ4v) is 0.982. The molecule has 13 heavy (non-hydrogen) atoms. The highest BCUT2D eigenvalue weighted by Crippen LogP contribution is 2.19. The molecule has 1 N–H and O–H groups in total. The summed E-state index contributed by atoms with van der Waals surface area (Å²) in [5, 5.41) is 8.31. The van der Waals surface area contributed by atoms with Crippen LogP contribution in [0, 0.1) is 0 Å². The van der Waals surface area contributed by atoms with Crippen LogP contribution in [-0.4, -0.2) is 17.7 Å². The third-order valence-electron chi connectivity index (χ3n) is 1.66. The van der Waals surface area contributed by atoms with Gasteiger partial charge < -0.3 is 9.84 Å². The Balaban J connectivity index is 2.26. The van der Waals surface area contributed by atoms with Gasteiger partial charge in [-0.3, -0.25) is 4.79 Å². The fourth-order valence-electron chi connectivity index (χ4n) is 0.982. The minimum Gasteiger partial charge on any atom is -0.497 e. The van der Waals surface area contributed by atoms with Crippen LogP contribution in [0.4, 0.5) is 4.39 Å². The van der Waals surface area contributed by atoms with Gasteiger partial charge in [0.2, 0.25) is 0 Å². The normalized spacial score (nSPS) is 16.1. The second-order valence-electron chi connectivity index (χ2n) is 2.74. The first-order valence-electron chi connectivity index (χ1n) is 4.08. The van der Waals surface area contributed by atoms with Crippen molar-refractivity contribution in [2.24, 2.45) is 0 Å². The number of hydrogen-bond acceptors (Lipinski definition) is 2. The molecule has 1 aliphatic carbocycles. The van der Waals surface area contributed by atoms with Crippen LogP contribution in [0.1, 0.15) is 19.3 Å². The molecule has 0 unspecified atom stereocenters. The molecule has 3 nitrogen and oxygen atoms in total. The first kappa shape index (κ1) is 9.77. The van der Waals surface area contributed by atoms with Crippen molar-refractivity contribution < 1.29 is 19.0 Å². The fraction of sp³-hybridized carbons (Fsp3) is 0.444. The summed E-state index contributed by atoms with van der Waals surface area (Å²) in [4.78, 5) is 10.1. The van der Waals surface area contributed by atoms with Gasteiger partial charge in [0.15, 0.2) is 0 Å². The second-order valence-corrected chi connectivity index (χ2v) is 2.74. The van der Waals surface area contributed by atoms with Crippen molar-refractivity contribution in [1.82, 2.24) is 0 Å². The number of rotatable bonds is 4. The van der Waals surface area contributed by atoms with Crippen LogP contribution in [0.15, 0.2) is 23.7 Å². The van der Waals surface area contributed by atoms with Crippen molar-refractivity contribution in [2.75, 3.05) is 6.61 Å². The molecule has 0 amide bonds. The average Bonchev–Trinajstić information content (AvgIpc) is 2.08. The lowest BCUT2D eigenvalue weighted by Crippen LogP contribution is -2.03. The number of carbonyl (C=O) groups is 1. The van der Waals surface area contributed by atoms with Gasteiger partial charge in [-0.05, 0) is 12.2 Å². The molecule has 0 spiro atoms. The Labute approximate surface area is 75.5 Å². The van der Waals surface area contributed by atoms with E-state index in [0.29, 0.717) is 18.6 Å². The molecule has 0 saturated carbocycles. The van der Waals surface area contributed by atoms with E-state index in [4.69, 9.17) is 9.84 Å². The Hall–Kier alpha value is -1.32. The summed E-state index contributed by atoms with van der Waals surface area (Å²) in [5.74, 6) is -0.397. The first-order chi connectivity index (χ1) is 6.18. The molecule has 0 radical (unpaired) electrons. The smallest absolute Gasteiger partial charge is 0.306 e. The Morgan fingerprint density at radius 2 is 2.31 bits per heavy atom. The van der Waals surface area contributed by atoms with Crippen molar-refractivity contribution in [3.63, 3.8) is 0 Å².